The lowest BCUT2D eigenvalue weighted by molar-refractivity contribution is -0.114. The van der Waals surface area contributed by atoms with E-state index in [0.717, 1.165) is 27.9 Å². The fourth-order valence-electron chi connectivity index (χ4n) is 2.81. The largest absolute Gasteiger partial charge is 0.352 e. The Morgan fingerprint density at radius 3 is 2.73 bits per heavy atom. The molecular formula is C20H19N3O2S. The van der Waals surface area contributed by atoms with Crippen LogP contribution in [0.15, 0.2) is 42.5 Å². The van der Waals surface area contributed by atoms with Gasteiger partial charge in [-0.2, -0.15) is 0 Å². The predicted molar refractivity (Wildman–Crippen MR) is 104 cm³/mol. The molecule has 0 bridgehead atoms. The van der Waals surface area contributed by atoms with Crippen LogP contribution in [0.4, 0.5) is 5.13 Å². The monoisotopic (exact) mass is 365 g/mol. The number of carbonyl (C=O) groups is 2. The third-order valence-electron chi connectivity index (χ3n) is 4.38. The van der Waals surface area contributed by atoms with Crippen molar-refractivity contribution in [1.82, 2.24) is 10.3 Å². The lowest BCUT2D eigenvalue weighted by atomic mass is 10.0. The Hall–Kier alpha value is -2.73. The minimum Gasteiger partial charge on any atom is -0.352 e. The van der Waals surface area contributed by atoms with Crippen LogP contribution in [0.5, 0.6) is 0 Å². The van der Waals surface area contributed by atoms with E-state index in [-0.39, 0.29) is 11.8 Å². The van der Waals surface area contributed by atoms with E-state index in [2.05, 4.69) is 15.6 Å². The second-order valence-corrected chi connectivity index (χ2v) is 7.65. The van der Waals surface area contributed by atoms with Crippen molar-refractivity contribution in [2.24, 2.45) is 5.92 Å². The first kappa shape index (κ1) is 16.7. The fourth-order valence-corrected chi connectivity index (χ4v) is 3.70. The maximum atomic E-state index is 12.3. The normalized spacial score (nSPS) is 13.6. The van der Waals surface area contributed by atoms with E-state index in [1.807, 2.05) is 42.5 Å². The number of fused-ring (bicyclic) bond motifs is 1. The number of carbonyl (C=O) groups excluding carboxylic acids is 2. The highest BCUT2D eigenvalue weighted by Gasteiger charge is 2.21. The number of anilines is 1. The van der Waals surface area contributed by atoms with Crippen molar-refractivity contribution in [3.05, 3.63) is 48.0 Å². The molecule has 2 aromatic carbocycles. The first-order valence-corrected chi connectivity index (χ1v) is 9.47. The topological polar surface area (TPSA) is 71.1 Å². The number of benzene rings is 2. The van der Waals surface area contributed by atoms with Crippen LogP contribution in [0, 0.1) is 5.92 Å². The van der Waals surface area contributed by atoms with Crippen LogP contribution in [0.25, 0.3) is 21.3 Å². The van der Waals surface area contributed by atoms with Crippen LogP contribution < -0.4 is 10.6 Å². The molecular weight excluding hydrogens is 346 g/mol. The molecule has 132 valence electrons. The van der Waals surface area contributed by atoms with Crippen LogP contribution in [-0.2, 0) is 4.79 Å². The standard InChI is InChI=1S/C20H19N3O2S/c1-12(24)22-20-23-17-10-15(7-8-18(17)26-20)14-3-2-4-16(9-14)19(25)21-11-13-5-6-13/h2-4,7-10,13H,5-6,11H2,1H3,(H,21,25)(H,22,23,24). The Morgan fingerprint density at radius 1 is 1.15 bits per heavy atom. The molecule has 1 aliphatic carbocycles. The number of hydrogen-bond acceptors (Lipinski definition) is 4. The van der Waals surface area contributed by atoms with Gasteiger partial charge in [0, 0.05) is 19.0 Å². The molecule has 0 unspecified atom stereocenters. The van der Waals surface area contributed by atoms with E-state index < -0.39 is 0 Å². The molecule has 2 N–H and O–H groups in total. The summed E-state index contributed by atoms with van der Waals surface area (Å²) in [6, 6.07) is 13.6. The second kappa shape index (κ2) is 6.88. The minimum atomic E-state index is -0.130. The van der Waals surface area contributed by atoms with Gasteiger partial charge in [-0.3, -0.25) is 9.59 Å². The van der Waals surface area contributed by atoms with Gasteiger partial charge in [-0.1, -0.05) is 29.5 Å². The zero-order chi connectivity index (χ0) is 18.1. The van der Waals surface area contributed by atoms with Crippen LogP contribution >= 0.6 is 11.3 Å². The first-order valence-electron chi connectivity index (χ1n) is 8.65. The predicted octanol–water partition coefficient (Wildman–Crippen LogP) is 4.06. The number of nitrogens with one attached hydrogen (secondary N) is 2. The van der Waals surface area contributed by atoms with Crippen molar-refractivity contribution in [3.8, 4) is 11.1 Å². The van der Waals surface area contributed by atoms with Crippen LogP contribution in [-0.4, -0.2) is 23.3 Å². The third-order valence-corrected chi connectivity index (χ3v) is 5.33. The number of hydrogen-bond donors (Lipinski definition) is 2. The molecule has 0 atom stereocenters. The molecule has 0 saturated heterocycles. The highest BCUT2D eigenvalue weighted by molar-refractivity contribution is 7.22. The zero-order valence-corrected chi connectivity index (χ0v) is 15.2. The van der Waals surface area contributed by atoms with Gasteiger partial charge >= 0.3 is 0 Å². The Kier molecular flexibility index (Phi) is 4.42. The number of nitrogens with zero attached hydrogens (tertiary/aromatic N) is 1. The summed E-state index contributed by atoms with van der Waals surface area (Å²) in [6.45, 7) is 2.23. The molecule has 4 rings (SSSR count). The molecule has 3 aromatic rings. The van der Waals surface area contributed by atoms with E-state index >= 15 is 0 Å². The quantitative estimate of drug-likeness (QED) is 0.716. The number of aromatic nitrogens is 1. The molecule has 1 fully saturated rings. The number of thiazole rings is 1. The smallest absolute Gasteiger partial charge is 0.251 e. The van der Waals surface area contributed by atoms with E-state index in [0.29, 0.717) is 16.6 Å². The lowest BCUT2D eigenvalue weighted by Crippen LogP contribution is -2.25. The first-order chi connectivity index (χ1) is 12.6. The molecule has 1 saturated carbocycles. The van der Waals surface area contributed by atoms with Crippen molar-refractivity contribution in [1.29, 1.82) is 0 Å². The molecule has 26 heavy (non-hydrogen) atoms. The summed E-state index contributed by atoms with van der Waals surface area (Å²) in [4.78, 5) is 28.0. The maximum Gasteiger partial charge on any atom is 0.251 e. The van der Waals surface area contributed by atoms with Gasteiger partial charge in [-0.25, -0.2) is 4.98 Å². The summed E-state index contributed by atoms with van der Waals surface area (Å²) in [5.41, 5.74) is 3.47. The van der Waals surface area contributed by atoms with Gasteiger partial charge < -0.3 is 10.6 Å². The molecule has 0 radical (unpaired) electrons. The van der Waals surface area contributed by atoms with Gasteiger partial charge in [0.25, 0.3) is 5.91 Å². The Bertz CT molecular complexity index is 992. The summed E-state index contributed by atoms with van der Waals surface area (Å²) in [5, 5.41) is 6.32. The summed E-state index contributed by atoms with van der Waals surface area (Å²) >= 11 is 1.45. The molecule has 1 heterocycles. The van der Waals surface area contributed by atoms with E-state index in [4.69, 9.17) is 0 Å². The Balaban J connectivity index is 1.58. The van der Waals surface area contributed by atoms with Crippen molar-refractivity contribution in [2.45, 2.75) is 19.8 Å². The summed E-state index contributed by atoms with van der Waals surface area (Å²) < 4.78 is 1.01. The molecule has 6 heteroatoms. The summed E-state index contributed by atoms with van der Waals surface area (Å²) in [7, 11) is 0. The van der Waals surface area contributed by atoms with Crippen molar-refractivity contribution in [2.75, 3.05) is 11.9 Å². The maximum absolute atomic E-state index is 12.3. The van der Waals surface area contributed by atoms with Gasteiger partial charge in [-0.05, 0) is 54.2 Å². The summed E-state index contributed by atoms with van der Waals surface area (Å²) in [5.74, 6) is 0.502. The van der Waals surface area contributed by atoms with Crippen molar-refractivity contribution in [3.63, 3.8) is 0 Å². The van der Waals surface area contributed by atoms with Crippen LogP contribution in [0.2, 0.25) is 0 Å². The van der Waals surface area contributed by atoms with Gasteiger partial charge in [0.1, 0.15) is 0 Å². The van der Waals surface area contributed by atoms with E-state index in [9.17, 15) is 9.59 Å². The average molecular weight is 365 g/mol. The molecule has 5 nitrogen and oxygen atoms in total. The average Bonchev–Trinajstić information content (AvgIpc) is 3.37. The molecule has 1 aliphatic rings. The van der Waals surface area contributed by atoms with Gasteiger partial charge in [0.2, 0.25) is 5.91 Å². The zero-order valence-electron chi connectivity index (χ0n) is 14.4. The SMILES string of the molecule is CC(=O)Nc1nc2cc(-c3cccc(C(=O)NCC4CC4)c3)ccc2s1. The lowest BCUT2D eigenvalue weighted by Gasteiger charge is -2.07. The summed E-state index contributed by atoms with van der Waals surface area (Å²) in [6.07, 6.45) is 2.43. The fraction of sp³-hybridized carbons (Fsp3) is 0.250. The molecule has 0 spiro atoms. The van der Waals surface area contributed by atoms with E-state index in [1.54, 1.807) is 0 Å². The van der Waals surface area contributed by atoms with Gasteiger partial charge in [-0.15, -0.1) is 0 Å². The Labute approximate surface area is 155 Å². The highest BCUT2D eigenvalue weighted by Crippen LogP contribution is 2.31. The number of rotatable bonds is 5. The van der Waals surface area contributed by atoms with E-state index in [1.165, 1.54) is 31.1 Å². The van der Waals surface area contributed by atoms with Gasteiger partial charge in [0.15, 0.2) is 5.13 Å². The van der Waals surface area contributed by atoms with Crippen LogP contribution in [0.3, 0.4) is 0 Å². The molecule has 0 aliphatic heterocycles. The number of amides is 2. The highest BCUT2D eigenvalue weighted by atomic mass is 32.1. The van der Waals surface area contributed by atoms with Crippen molar-refractivity contribution < 1.29 is 9.59 Å². The Morgan fingerprint density at radius 2 is 1.96 bits per heavy atom. The van der Waals surface area contributed by atoms with Crippen molar-refractivity contribution >= 4 is 38.5 Å². The molecule has 2 amide bonds. The molecule has 1 aromatic heterocycles. The second-order valence-electron chi connectivity index (χ2n) is 6.62. The minimum absolute atomic E-state index is 0.0265. The van der Waals surface area contributed by atoms with Crippen LogP contribution in [0.1, 0.15) is 30.1 Å². The van der Waals surface area contributed by atoms with Gasteiger partial charge in [0.05, 0.1) is 10.2 Å². The third kappa shape index (κ3) is 3.75.